The van der Waals surface area contributed by atoms with E-state index in [2.05, 4.69) is 10.1 Å². The molecular formula is C21H22ClN3O3. The van der Waals surface area contributed by atoms with Crippen LogP contribution in [0.2, 0.25) is 5.02 Å². The summed E-state index contributed by atoms with van der Waals surface area (Å²) in [6.07, 6.45) is -0.635. The molecule has 146 valence electrons. The number of hydrogen-bond donors (Lipinski definition) is 0. The van der Waals surface area contributed by atoms with Crippen molar-refractivity contribution in [2.24, 2.45) is 0 Å². The molecule has 28 heavy (non-hydrogen) atoms. The molecule has 0 aliphatic carbocycles. The van der Waals surface area contributed by atoms with Crippen molar-refractivity contribution >= 4 is 17.5 Å². The van der Waals surface area contributed by atoms with Gasteiger partial charge in [-0.2, -0.15) is 4.98 Å². The SMILES string of the molecule is Cc1ccc(C)c(O[C@H](C)C(=O)N(C)Cc2nc(-c3ccc(Cl)cc3)no2)c1. The van der Waals surface area contributed by atoms with Crippen molar-refractivity contribution in [2.45, 2.75) is 33.4 Å². The van der Waals surface area contributed by atoms with E-state index >= 15 is 0 Å². The molecule has 0 aliphatic heterocycles. The molecule has 0 unspecified atom stereocenters. The van der Waals surface area contributed by atoms with Crippen molar-refractivity contribution in [1.82, 2.24) is 15.0 Å². The molecule has 0 bridgehead atoms. The van der Waals surface area contributed by atoms with Gasteiger partial charge in [-0.15, -0.1) is 0 Å². The first kappa shape index (κ1) is 19.9. The van der Waals surface area contributed by atoms with Crippen LogP contribution in [-0.2, 0) is 11.3 Å². The Hall–Kier alpha value is -2.86. The molecule has 0 saturated heterocycles. The van der Waals surface area contributed by atoms with E-state index in [0.29, 0.717) is 22.5 Å². The van der Waals surface area contributed by atoms with Crippen LogP contribution in [0.25, 0.3) is 11.4 Å². The van der Waals surface area contributed by atoms with Crippen LogP contribution in [0.5, 0.6) is 5.75 Å². The van der Waals surface area contributed by atoms with Crippen LogP contribution in [-0.4, -0.2) is 34.1 Å². The van der Waals surface area contributed by atoms with Crippen LogP contribution in [0.1, 0.15) is 23.9 Å². The summed E-state index contributed by atoms with van der Waals surface area (Å²) in [6.45, 7) is 5.86. The summed E-state index contributed by atoms with van der Waals surface area (Å²) < 4.78 is 11.1. The Kier molecular flexibility index (Phi) is 5.99. The van der Waals surface area contributed by atoms with Crippen LogP contribution < -0.4 is 4.74 Å². The number of ether oxygens (including phenoxy) is 1. The Bertz CT molecular complexity index is 969. The van der Waals surface area contributed by atoms with Crippen molar-refractivity contribution in [3.05, 3.63) is 64.5 Å². The monoisotopic (exact) mass is 399 g/mol. The smallest absolute Gasteiger partial charge is 0.263 e. The highest BCUT2D eigenvalue weighted by atomic mass is 35.5. The van der Waals surface area contributed by atoms with Crippen LogP contribution in [0.4, 0.5) is 0 Å². The lowest BCUT2D eigenvalue weighted by atomic mass is 10.1. The molecule has 1 aromatic heterocycles. The maximum absolute atomic E-state index is 12.7. The van der Waals surface area contributed by atoms with Crippen molar-refractivity contribution in [2.75, 3.05) is 7.05 Å². The van der Waals surface area contributed by atoms with Crippen LogP contribution in [0.15, 0.2) is 47.0 Å². The number of aromatic nitrogens is 2. The third kappa shape index (κ3) is 4.70. The number of carbonyl (C=O) groups excluding carboxylic acids is 1. The van der Waals surface area contributed by atoms with Gasteiger partial charge in [0, 0.05) is 17.6 Å². The van der Waals surface area contributed by atoms with Gasteiger partial charge in [-0.1, -0.05) is 28.9 Å². The number of aryl methyl sites for hydroxylation is 2. The van der Waals surface area contributed by atoms with Crippen molar-refractivity contribution in [1.29, 1.82) is 0 Å². The number of carbonyl (C=O) groups is 1. The summed E-state index contributed by atoms with van der Waals surface area (Å²) in [5, 5.41) is 4.60. The number of halogens is 1. The third-order valence-electron chi connectivity index (χ3n) is 4.31. The van der Waals surface area contributed by atoms with E-state index in [1.807, 2.05) is 44.2 Å². The zero-order valence-electron chi connectivity index (χ0n) is 16.3. The van der Waals surface area contributed by atoms with Gasteiger partial charge in [0.1, 0.15) is 5.75 Å². The molecule has 0 saturated carbocycles. The Balaban J connectivity index is 1.64. The van der Waals surface area contributed by atoms with E-state index in [0.717, 1.165) is 16.7 Å². The van der Waals surface area contributed by atoms with E-state index < -0.39 is 6.10 Å². The average Bonchev–Trinajstić information content (AvgIpc) is 3.13. The molecule has 0 fully saturated rings. The molecular weight excluding hydrogens is 378 g/mol. The minimum atomic E-state index is -0.635. The van der Waals surface area contributed by atoms with Gasteiger partial charge in [-0.05, 0) is 62.2 Å². The summed E-state index contributed by atoms with van der Waals surface area (Å²) >= 11 is 5.89. The van der Waals surface area contributed by atoms with Crippen LogP contribution >= 0.6 is 11.6 Å². The molecule has 2 aromatic carbocycles. The lowest BCUT2D eigenvalue weighted by Crippen LogP contribution is -2.37. The van der Waals surface area contributed by atoms with E-state index in [9.17, 15) is 4.79 Å². The summed E-state index contributed by atoms with van der Waals surface area (Å²) in [7, 11) is 1.68. The number of amides is 1. The molecule has 7 heteroatoms. The maximum atomic E-state index is 12.7. The zero-order chi connectivity index (χ0) is 20.3. The molecule has 3 aromatic rings. The Morgan fingerprint density at radius 1 is 1.21 bits per heavy atom. The minimum absolute atomic E-state index is 0.174. The number of nitrogens with zero attached hydrogens (tertiary/aromatic N) is 3. The number of benzene rings is 2. The Labute approximate surface area is 169 Å². The van der Waals surface area contributed by atoms with Gasteiger partial charge in [-0.3, -0.25) is 4.79 Å². The quantitative estimate of drug-likeness (QED) is 0.613. The van der Waals surface area contributed by atoms with Crippen molar-refractivity contribution in [3.63, 3.8) is 0 Å². The fourth-order valence-corrected chi connectivity index (χ4v) is 2.83. The molecule has 0 N–H and O–H groups in total. The molecule has 6 nitrogen and oxygen atoms in total. The predicted octanol–water partition coefficient (Wildman–Crippen LogP) is 4.43. The number of rotatable bonds is 6. The van der Waals surface area contributed by atoms with E-state index in [1.54, 1.807) is 26.1 Å². The maximum Gasteiger partial charge on any atom is 0.263 e. The minimum Gasteiger partial charge on any atom is -0.481 e. The molecule has 0 radical (unpaired) electrons. The van der Waals surface area contributed by atoms with Crippen LogP contribution in [0, 0.1) is 13.8 Å². The number of likely N-dealkylation sites (N-methyl/N-ethyl adjacent to an activating group) is 1. The molecule has 0 aliphatic rings. The highest BCUT2D eigenvalue weighted by molar-refractivity contribution is 6.30. The Morgan fingerprint density at radius 2 is 1.93 bits per heavy atom. The largest absolute Gasteiger partial charge is 0.481 e. The first-order valence-electron chi connectivity index (χ1n) is 8.91. The number of hydrogen-bond acceptors (Lipinski definition) is 5. The fraction of sp³-hybridized carbons (Fsp3) is 0.286. The summed E-state index contributed by atoms with van der Waals surface area (Å²) in [5.41, 5.74) is 2.85. The molecule has 3 rings (SSSR count). The van der Waals surface area contributed by atoms with Gasteiger partial charge in [-0.25, -0.2) is 0 Å². The highest BCUT2D eigenvalue weighted by Crippen LogP contribution is 2.22. The van der Waals surface area contributed by atoms with Crippen LogP contribution in [0.3, 0.4) is 0 Å². The summed E-state index contributed by atoms with van der Waals surface area (Å²) in [4.78, 5) is 18.5. The molecule has 1 heterocycles. The first-order chi connectivity index (χ1) is 13.3. The normalized spacial score (nSPS) is 11.9. The van der Waals surface area contributed by atoms with Gasteiger partial charge in [0.15, 0.2) is 6.10 Å². The standard InChI is InChI=1S/C21H22ClN3O3/c1-13-5-6-14(2)18(11-13)27-15(3)21(26)25(4)12-19-23-20(24-28-19)16-7-9-17(22)10-8-16/h5-11,15H,12H2,1-4H3/t15-/m1/s1. The molecule has 1 atom stereocenters. The first-order valence-corrected chi connectivity index (χ1v) is 9.28. The van der Waals surface area contributed by atoms with Gasteiger partial charge in [0.2, 0.25) is 11.7 Å². The summed E-state index contributed by atoms with van der Waals surface area (Å²) in [5.74, 6) is 1.33. The van der Waals surface area contributed by atoms with Gasteiger partial charge < -0.3 is 14.2 Å². The second-order valence-electron chi connectivity index (χ2n) is 6.74. The Morgan fingerprint density at radius 3 is 2.64 bits per heavy atom. The molecule has 0 spiro atoms. The van der Waals surface area contributed by atoms with Crippen molar-refractivity contribution in [3.8, 4) is 17.1 Å². The predicted molar refractivity (Wildman–Crippen MR) is 107 cm³/mol. The van der Waals surface area contributed by atoms with E-state index in [4.69, 9.17) is 20.9 Å². The van der Waals surface area contributed by atoms with Gasteiger partial charge in [0.05, 0.1) is 6.54 Å². The second kappa shape index (κ2) is 8.44. The highest BCUT2D eigenvalue weighted by Gasteiger charge is 2.22. The zero-order valence-corrected chi connectivity index (χ0v) is 17.0. The lowest BCUT2D eigenvalue weighted by molar-refractivity contribution is -0.137. The van der Waals surface area contributed by atoms with Gasteiger partial charge >= 0.3 is 0 Å². The fourth-order valence-electron chi connectivity index (χ4n) is 2.70. The average molecular weight is 400 g/mol. The second-order valence-corrected chi connectivity index (χ2v) is 7.18. The molecule has 1 amide bonds. The van der Waals surface area contributed by atoms with Gasteiger partial charge in [0.25, 0.3) is 5.91 Å². The third-order valence-corrected chi connectivity index (χ3v) is 4.57. The topological polar surface area (TPSA) is 68.5 Å². The lowest BCUT2D eigenvalue weighted by Gasteiger charge is -2.21. The van der Waals surface area contributed by atoms with E-state index in [1.165, 1.54) is 4.90 Å². The van der Waals surface area contributed by atoms with E-state index in [-0.39, 0.29) is 12.5 Å². The van der Waals surface area contributed by atoms with Crippen molar-refractivity contribution < 1.29 is 14.1 Å². The summed E-state index contributed by atoms with van der Waals surface area (Å²) in [6, 6.07) is 13.0.